The summed E-state index contributed by atoms with van der Waals surface area (Å²) in [5, 5.41) is 0. The molecule has 13 heavy (non-hydrogen) atoms. The van der Waals surface area contributed by atoms with Crippen LogP contribution >= 0.6 is 0 Å². The Morgan fingerprint density at radius 3 is 1.92 bits per heavy atom. The molecule has 2 heteroatoms. The van der Waals surface area contributed by atoms with Gasteiger partial charge in [0, 0.05) is 0 Å². The van der Waals surface area contributed by atoms with Crippen LogP contribution < -0.4 is 0 Å². The Kier molecular flexibility index (Phi) is 0.907. The Labute approximate surface area is 76.3 Å². The first kappa shape index (κ1) is 6.55. The average molecular weight is 174 g/mol. The molecule has 4 rings (SSSR count). The minimum Gasteiger partial charge on any atom is -0.365 e. The first-order valence-electron chi connectivity index (χ1n) is 4.92. The van der Waals surface area contributed by atoms with Gasteiger partial charge >= 0.3 is 0 Å². The van der Waals surface area contributed by atoms with Crippen LogP contribution in [0.15, 0.2) is 24.3 Å². The van der Waals surface area contributed by atoms with E-state index < -0.39 is 0 Å². The van der Waals surface area contributed by atoms with E-state index in [2.05, 4.69) is 24.3 Å². The molecule has 6 unspecified atom stereocenters. The van der Waals surface area contributed by atoms with Crippen molar-refractivity contribution in [2.45, 2.75) is 12.2 Å². The molecule has 0 radical (unpaired) electrons. The standard InChI is InChI=1S/C11H10O2/c12-11-9-5-1-2-6(5)10(11)8-4-3-7(9)13-8/h1-10H. The van der Waals surface area contributed by atoms with Gasteiger partial charge in [-0.2, -0.15) is 0 Å². The summed E-state index contributed by atoms with van der Waals surface area (Å²) in [4.78, 5) is 11.9. The Balaban J connectivity index is 1.92. The number of carbonyl (C=O) groups excluding carboxylic acids is 1. The highest BCUT2D eigenvalue weighted by atomic mass is 16.5. The van der Waals surface area contributed by atoms with Gasteiger partial charge in [-0.05, 0) is 11.8 Å². The van der Waals surface area contributed by atoms with Gasteiger partial charge in [-0.15, -0.1) is 0 Å². The highest BCUT2D eigenvalue weighted by Gasteiger charge is 2.61. The average Bonchev–Trinajstić information content (AvgIpc) is 2.53. The first-order valence-corrected chi connectivity index (χ1v) is 4.92. The molecule has 2 nitrogen and oxygen atoms in total. The summed E-state index contributed by atoms with van der Waals surface area (Å²) in [5.41, 5.74) is 0. The van der Waals surface area contributed by atoms with Crippen LogP contribution in [0.25, 0.3) is 0 Å². The van der Waals surface area contributed by atoms with Crippen LogP contribution in [0.2, 0.25) is 0 Å². The molecule has 0 aromatic rings. The summed E-state index contributed by atoms with van der Waals surface area (Å²) in [6, 6.07) is 0. The van der Waals surface area contributed by atoms with Crippen molar-refractivity contribution in [1.82, 2.24) is 0 Å². The summed E-state index contributed by atoms with van der Waals surface area (Å²) in [5.74, 6) is 1.74. The summed E-state index contributed by atoms with van der Waals surface area (Å²) < 4.78 is 5.76. The Morgan fingerprint density at radius 1 is 0.923 bits per heavy atom. The summed E-state index contributed by atoms with van der Waals surface area (Å²) in [6.07, 6.45) is 8.71. The van der Waals surface area contributed by atoms with Crippen molar-refractivity contribution in [2.75, 3.05) is 0 Å². The van der Waals surface area contributed by atoms with Crippen LogP contribution in [0.3, 0.4) is 0 Å². The maximum atomic E-state index is 11.9. The van der Waals surface area contributed by atoms with Gasteiger partial charge in [0.1, 0.15) is 5.78 Å². The fraction of sp³-hybridized carbons (Fsp3) is 0.545. The third-order valence-corrected chi connectivity index (χ3v) is 4.00. The molecule has 4 aliphatic rings. The van der Waals surface area contributed by atoms with E-state index in [1.54, 1.807) is 0 Å². The lowest BCUT2D eigenvalue weighted by Gasteiger charge is -2.26. The molecule has 0 aromatic heterocycles. The quantitative estimate of drug-likeness (QED) is 0.511. The molecule has 1 saturated carbocycles. The molecular formula is C11H10O2. The SMILES string of the molecule is O=C1C2C3C=CC(O3)C1C1C=CC12. The van der Waals surface area contributed by atoms with Gasteiger partial charge in [-0.3, -0.25) is 4.79 Å². The highest BCUT2D eigenvalue weighted by Crippen LogP contribution is 2.55. The van der Waals surface area contributed by atoms with Crippen LogP contribution in [0, 0.1) is 23.7 Å². The van der Waals surface area contributed by atoms with Gasteiger partial charge < -0.3 is 4.74 Å². The van der Waals surface area contributed by atoms with Crippen molar-refractivity contribution in [2.24, 2.45) is 23.7 Å². The second-order valence-electron chi connectivity index (χ2n) is 4.44. The smallest absolute Gasteiger partial charge is 0.146 e. The van der Waals surface area contributed by atoms with Crippen molar-refractivity contribution in [1.29, 1.82) is 0 Å². The van der Waals surface area contributed by atoms with E-state index in [0.717, 1.165) is 0 Å². The molecular weight excluding hydrogens is 164 g/mol. The minimum absolute atomic E-state index is 0.0914. The first-order chi connectivity index (χ1) is 6.36. The van der Waals surface area contributed by atoms with E-state index in [1.165, 1.54) is 0 Å². The second-order valence-corrected chi connectivity index (χ2v) is 4.44. The molecule has 2 aliphatic carbocycles. The van der Waals surface area contributed by atoms with E-state index >= 15 is 0 Å². The summed E-state index contributed by atoms with van der Waals surface area (Å²) in [6.45, 7) is 0. The van der Waals surface area contributed by atoms with Crippen LogP contribution in [0.5, 0.6) is 0 Å². The third-order valence-electron chi connectivity index (χ3n) is 4.00. The van der Waals surface area contributed by atoms with Gasteiger partial charge in [-0.25, -0.2) is 0 Å². The molecule has 1 saturated heterocycles. The van der Waals surface area contributed by atoms with Gasteiger partial charge in [0.15, 0.2) is 0 Å². The van der Waals surface area contributed by atoms with Crippen LogP contribution in [-0.2, 0) is 9.53 Å². The van der Waals surface area contributed by atoms with Gasteiger partial charge in [0.05, 0.1) is 24.0 Å². The fourth-order valence-electron chi connectivity index (χ4n) is 3.35. The number of hydrogen-bond donors (Lipinski definition) is 0. The van der Waals surface area contributed by atoms with Crippen molar-refractivity contribution in [3.05, 3.63) is 24.3 Å². The number of carbonyl (C=O) groups is 1. The number of rotatable bonds is 0. The zero-order valence-electron chi connectivity index (χ0n) is 7.09. The Hall–Kier alpha value is -0.890. The maximum absolute atomic E-state index is 11.9. The van der Waals surface area contributed by atoms with Crippen LogP contribution in [0.4, 0.5) is 0 Å². The zero-order chi connectivity index (χ0) is 8.58. The maximum Gasteiger partial charge on any atom is 0.146 e. The largest absolute Gasteiger partial charge is 0.365 e. The van der Waals surface area contributed by atoms with E-state index in [9.17, 15) is 4.79 Å². The number of ketones is 1. The number of Topliss-reactive ketones (excluding diaryl/α,β-unsaturated/α-hetero) is 1. The van der Waals surface area contributed by atoms with Crippen molar-refractivity contribution in [3.8, 4) is 0 Å². The number of hydrogen-bond acceptors (Lipinski definition) is 2. The van der Waals surface area contributed by atoms with E-state index in [4.69, 9.17) is 4.74 Å². The molecule has 4 bridgehead atoms. The van der Waals surface area contributed by atoms with Gasteiger partial charge in [0.25, 0.3) is 0 Å². The Bertz CT molecular complexity index is 321. The normalized spacial score (nSPS) is 59.5. The lowest BCUT2D eigenvalue weighted by Crippen LogP contribution is -2.38. The lowest BCUT2D eigenvalue weighted by atomic mass is 9.76. The predicted octanol–water partition coefficient (Wildman–Crippen LogP) is 0.941. The third kappa shape index (κ3) is 0.546. The lowest BCUT2D eigenvalue weighted by molar-refractivity contribution is -0.139. The summed E-state index contributed by atoms with van der Waals surface area (Å²) in [7, 11) is 0. The van der Waals surface area contributed by atoms with E-state index in [0.29, 0.717) is 17.6 Å². The topological polar surface area (TPSA) is 26.3 Å². The monoisotopic (exact) mass is 174 g/mol. The molecule has 6 atom stereocenters. The Morgan fingerprint density at radius 2 is 1.46 bits per heavy atom. The molecule has 0 N–H and O–H groups in total. The van der Waals surface area contributed by atoms with Crippen LogP contribution in [0.1, 0.15) is 0 Å². The molecule has 0 amide bonds. The second kappa shape index (κ2) is 1.80. The summed E-state index contributed by atoms with van der Waals surface area (Å²) >= 11 is 0. The molecule has 0 spiro atoms. The van der Waals surface area contributed by atoms with Gasteiger partial charge in [0.2, 0.25) is 0 Å². The molecule has 66 valence electrons. The minimum atomic E-state index is 0.0914. The van der Waals surface area contributed by atoms with Gasteiger partial charge in [-0.1, -0.05) is 24.3 Å². The van der Waals surface area contributed by atoms with Crippen LogP contribution in [-0.4, -0.2) is 18.0 Å². The van der Waals surface area contributed by atoms with E-state index in [-0.39, 0.29) is 24.0 Å². The molecule has 2 aliphatic heterocycles. The fourth-order valence-corrected chi connectivity index (χ4v) is 3.35. The molecule has 0 aromatic carbocycles. The van der Waals surface area contributed by atoms with Crippen molar-refractivity contribution < 1.29 is 9.53 Å². The molecule has 2 heterocycles. The van der Waals surface area contributed by atoms with Crippen molar-refractivity contribution >= 4 is 5.78 Å². The number of ether oxygens (including phenoxy) is 1. The molecule has 2 fully saturated rings. The highest BCUT2D eigenvalue weighted by molar-refractivity contribution is 5.91. The van der Waals surface area contributed by atoms with E-state index in [1.807, 2.05) is 0 Å². The predicted molar refractivity (Wildman–Crippen MR) is 45.9 cm³/mol. The zero-order valence-corrected chi connectivity index (χ0v) is 7.09. The number of fused-ring (bicyclic) bond motifs is 9. The van der Waals surface area contributed by atoms with Crippen molar-refractivity contribution in [3.63, 3.8) is 0 Å². The number of allylic oxidation sites excluding steroid dienone is 2.